The van der Waals surface area contributed by atoms with Crippen LogP contribution in [0.25, 0.3) is 0 Å². The van der Waals surface area contributed by atoms with Gasteiger partial charge in [-0.05, 0) is 82.2 Å². The average Bonchev–Trinajstić information content (AvgIpc) is 3.56. The minimum Gasteiger partial charge on any atom is -0.363 e. The number of carbonyl (C=O) groups excluding carboxylic acids is 3. The third-order valence-electron chi connectivity index (χ3n) is 8.97. The first kappa shape index (κ1) is 34.5. The van der Waals surface area contributed by atoms with E-state index in [-0.39, 0.29) is 42.8 Å². The number of carbonyl (C=O) groups is 3. The van der Waals surface area contributed by atoms with Crippen molar-refractivity contribution in [2.45, 2.75) is 109 Å². The van der Waals surface area contributed by atoms with Gasteiger partial charge in [0.1, 0.15) is 19.0 Å². The molecule has 0 aliphatic carbocycles. The van der Waals surface area contributed by atoms with Crippen LogP contribution in [0.2, 0.25) is 0 Å². The average molecular weight is 625 g/mol. The zero-order valence-corrected chi connectivity index (χ0v) is 27.0. The topological polar surface area (TPSA) is 170 Å². The minimum atomic E-state index is -0.515. The van der Waals surface area contributed by atoms with Gasteiger partial charge in [-0.3, -0.25) is 19.3 Å². The molecular weight excluding hydrogens is 572 g/mol. The van der Waals surface area contributed by atoms with Gasteiger partial charge in [0.15, 0.2) is 0 Å². The van der Waals surface area contributed by atoms with E-state index in [4.69, 9.17) is 16.2 Å². The number of aromatic nitrogens is 3. The Morgan fingerprint density at radius 1 is 0.911 bits per heavy atom. The van der Waals surface area contributed by atoms with Crippen LogP contribution in [0.5, 0.6) is 0 Å². The molecule has 1 aromatic heterocycles. The van der Waals surface area contributed by atoms with E-state index < -0.39 is 5.91 Å². The van der Waals surface area contributed by atoms with Crippen molar-refractivity contribution in [2.24, 2.45) is 11.5 Å². The fraction of sp³-hybridized carbons (Fsp3) is 0.667. The molecule has 2 atom stereocenters. The van der Waals surface area contributed by atoms with Crippen LogP contribution in [0, 0.1) is 0 Å². The van der Waals surface area contributed by atoms with Crippen LogP contribution >= 0.6 is 0 Å². The molecular formula is C33H52N8O4. The predicted octanol–water partition coefficient (Wildman–Crippen LogP) is 3.28. The summed E-state index contributed by atoms with van der Waals surface area (Å²) < 4.78 is 7.31. The van der Waals surface area contributed by atoms with Gasteiger partial charge in [-0.2, -0.15) is 0 Å². The van der Waals surface area contributed by atoms with Crippen LogP contribution < -0.4 is 22.1 Å². The Balaban J connectivity index is 1.13. The van der Waals surface area contributed by atoms with Crippen molar-refractivity contribution in [2.75, 3.05) is 38.2 Å². The van der Waals surface area contributed by atoms with E-state index in [9.17, 15) is 14.4 Å². The molecule has 2 fully saturated rings. The zero-order chi connectivity index (χ0) is 32.2. The van der Waals surface area contributed by atoms with Crippen LogP contribution in [0.1, 0.15) is 112 Å². The Hall–Kier alpha value is -3.35. The first-order valence-electron chi connectivity index (χ1n) is 16.7. The highest BCUT2D eigenvalue weighted by Gasteiger charge is 2.42. The molecule has 0 spiro atoms. The van der Waals surface area contributed by atoms with Crippen molar-refractivity contribution < 1.29 is 19.1 Å². The summed E-state index contributed by atoms with van der Waals surface area (Å²) in [6.07, 6.45) is 11.6. The van der Waals surface area contributed by atoms with Crippen molar-refractivity contribution in [1.29, 1.82) is 0 Å². The highest BCUT2D eigenvalue weighted by atomic mass is 16.5. The lowest BCUT2D eigenvalue weighted by molar-refractivity contribution is -0.128. The number of aryl methyl sites for hydroxylation is 1. The highest BCUT2D eigenvalue weighted by molar-refractivity contribution is 5.92. The molecule has 2 aliphatic heterocycles. The van der Waals surface area contributed by atoms with Crippen LogP contribution in [0.15, 0.2) is 24.3 Å². The Labute approximate surface area is 267 Å². The summed E-state index contributed by atoms with van der Waals surface area (Å²) in [5, 5.41) is 14.1. The Kier molecular flexibility index (Phi) is 13.3. The van der Waals surface area contributed by atoms with Crippen LogP contribution in [-0.4, -0.2) is 82.3 Å². The molecule has 4 rings (SSSR count). The van der Waals surface area contributed by atoms with Gasteiger partial charge in [0.05, 0.1) is 0 Å². The first-order chi connectivity index (χ1) is 21.8. The van der Waals surface area contributed by atoms with E-state index >= 15 is 0 Å². The number of anilines is 1. The number of rotatable bonds is 19. The molecule has 1 aromatic carbocycles. The molecule has 2 unspecified atom stereocenters. The maximum atomic E-state index is 12.3. The van der Waals surface area contributed by atoms with Gasteiger partial charge in [-0.25, -0.2) is 0 Å². The summed E-state index contributed by atoms with van der Waals surface area (Å²) in [5.41, 5.74) is 13.1. The SMILES string of the molecule is CC(C)c1nnc(C(N)=O)n1C1CC2CCC(C1)N2CCCc1ccc(NC(=O)COCC(=O)NCCCCCCCN)cc1. The van der Waals surface area contributed by atoms with Gasteiger partial charge in [-0.1, -0.05) is 45.2 Å². The van der Waals surface area contributed by atoms with Crippen LogP contribution in [0.4, 0.5) is 5.69 Å². The normalized spacial score (nSPS) is 19.6. The maximum absolute atomic E-state index is 12.3. The molecule has 12 nitrogen and oxygen atoms in total. The number of unbranched alkanes of at least 4 members (excludes halogenated alkanes) is 4. The van der Waals surface area contributed by atoms with E-state index in [0.29, 0.717) is 24.3 Å². The zero-order valence-electron chi connectivity index (χ0n) is 27.0. The largest absolute Gasteiger partial charge is 0.363 e. The van der Waals surface area contributed by atoms with Crippen molar-refractivity contribution in [1.82, 2.24) is 25.0 Å². The molecule has 6 N–H and O–H groups in total. The molecule has 2 aromatic rings. The standard InChI is InChI=1S/C33H52N8O4/c1-23(2)32-38-39-33(31(35)44)41(32)28-19-26-14-15-27(20-28)40(26)18-8-9-24-10-12-25(13-11-24)37-30(43)22-45-21-29(42)36-17-7-5-3-4-6-16-34/h10-13,23,26-28H,3-9,14-22,34H2,1-2H3,(H2,35,44)(H,36,42)(H,37,43). The van der Waals surface area contributed by atoms with Crippen molar-refractivity contribution in [3.8, 4) is 0 Å². The predicted molar refractivity (Wildman–Crippen MR) is 174 cm³/mol. The second-order valence-corrected chi connectivity index (χ2v) is 12.8. The molecule has 3 heterocycles. The summed E-state index contributed by atoms with van der Waals surface area (Å²) in [6.45, 7) is 6.21. The molecule has 0 radical (unpaired) electrons. The summed E-state index contributed by atoms with van der Waals surface area (Å²) in [5.74, 6) is 0.280. The number of nitrogens with one attached hydrogen (secondary N) is 2. The van der Waals surface area contributed by atoms with Gasteiger partial charge in [-0.15, -0.1) is 10.2 Å². The molecule has 0 saturated carbocycles. The Morgan fingerprint density at radius 3 is 2.24 bits per heavy atom. The monoisotopic (exact) mass is 624 g/mol. The van der Waals surface area contributed by atoms with E-state index in [1.54, 1.807) is 0 Å². The molecule has 12 heteroatoms. The van der Waals surface area contributed by atoms with Crippen molar-refractivity contribution >= 4 is 23.4 Å². The molecule has 3 amide bonds. The maximum Gasteiger partial charge on any atom is 0.286 e. The molecule has 248 valence electrons. The lowest BCUT2D eigenvalue weighted by atomic mass is 9.95. The van der Waals surface area contributed by atoms with Gasteiger partial charge in [0.25, 0.3) is 5.91 Å². The van der Waals surface area contributed by atoms with Crippen molar-refractivity contribution in [3.63, 3.8) is 0 Å². The molecule has 2 saturated heterocycles. The number of nitrogens with two attached hydrogens (primary N) is 2. The molecule has 2 aliphatic rings. The number of hydrogen-bond acceptors (Lipinski definition) is 8. The third-order valence-corrected chi connectivity index (χ3v) is 8.97. The molecule has 2 bridgehead atoms. The number of hydrogen-bond donors (Lipinski definition) is 4. The smallest absolute Gasteiger partial charge is 0.286 e. The summed E-state index contributed by atoms with van der Waals surface area (Å²) in [6, 6.07) is 9.08. The Bertz CT molecular complexity index is 1230. The third kappa shape index (κ3) is 10.1. The number of benzene rings is 1. The summed E-state index contributed by atoms with van der Waals surface area (Å²) >= 11 is 0. The number of piperidine rings is 1. The number of fused-ring (bicyclic) bond motifs is 2. The van der Waals surface area contributed by atoms with Crippen LogP contribution in [-0.2, 0) is 20.7 Å². The van der Waals surface area contributed by atoms with Crippen LogP contribution in [0.3, 0.4) is 0 Å². The van der Waals surface area contributed by atoms with Gasteiger partial charge in [0, 0.05) is 36.3 Å². The second-order valence-electron chi connectivity index (χ2n) is 12.8. The quantitative estimate of drug-likeness (QED) is 0.173. The van der Waals surface area contributed by atoms with Gasteiger partial charge >= 0.3 is 0 Å². The van der Waals surface area contributed by atoms with Crippen molar-refractivity contribution in [3.05, 3.63) is 41.5 Å². The number of amides is 3. The second kappa shape index (κ2) is 17.4. The number of nitrogens with zero attached hydrogens (tertiary/aromatic N) is 4. The highest BCUT2D eigenvalue weighted by Crippen LogP contribution is 2.42. The lowest BCUT2D eigenvalue weighted by Gasteiger charge is -2.40. The van der Waals surface area contributed by atoms with E-state index in [1.807, 2.05) is 28.8 Å². The number of ether oxygens (including phenoxy) is 1. The van der Waals surface area contributed by atoms with Gasteiger partial charge < -0.3 is 31.4 Å². The molecule has 45 heavy (non-hydrogen) atoms. The number of primary amides is 1. The fourth-order valence-corrected chi connectivity index (χ4v) is 6.78. The van der Waals surface area contributed by atoms with E-state index in [0.717, 1.165) is 76.7 Å². The minimum absolute atomic E-state index is 0.132. The van der Waals surface area contributed by atoms with E-state index in [2.05, 4.69) is 39.6 Å². The Morgan fingerprint density at radius 2 is 1.58 bits per heavy atom. The first-order valence-corrected chi connectivity index (χ1v) is 16.7. The van der Waals surface area contributed by atoms with E-state index in [1.165, 1.54) is 18.4 Å². The fourth-order valence-electron chi connectivity index (χ4n) is 6.78. The lowest BCUT2D eigenvalue weighted by Crippen LogP contribution is -2.44. The summed E-state index contributed by atoms with van der Waals surface area (Å²) in [7, 11) is 0. The van der Waals surface area contributed by atoms with Gasteiger partial charge in [0.2, 0.25) is 17.6 Å². The summed E-state index contributed by atoms with van der Waals surface area (Å²) in [4.78, 5) is 38.9.